The number of anilines is 3. The van der Waals surface area contributed by atoms with Crippen LogP contribution in [0.1, 0.15) is 50.7 Å². The summed E-state index contributed by atoms with van der Waals surface area (Å²) in [7, 11) is 2.18. The summed E-state index contributed by atoms with van der Waals surface area (Å²) < 4.78 is 9.39. The number of hydrogen-bond acceptors (Lipinski definition) is 8. The minimum atomic E-state index is -0.996. The Morgan fingerprint density at radius 1 is 1.05 bits per heavy atom. The molecule has 220 valence electrons. The lowest BCUT2D eigenvalue weighted by atomic mass is 9.87. The van der Waals surface area contributed by atoms with E-state index in [1.54, 1.807) is 40.4 Å². The number of nitrogens with one attached hydrogen (secondary N) is 1. The van der Waals surface area contributed by atoms with Gasteiger partial charge in [-0.3, -0.25) is 14.5 Å². The van der Waals surface area contributed by atoms with Crippen molar-refractivity contribution in [3.05, 3.63) is 70.2 Å². The number of amides is 1. The van der Waals surface area contributed by atoms with Crippen molar-refractivity contribution in [3.63, 3.8) is 0 Å². The van der Waals surface area contributed by atoms with Crippen LogP contribution in [0.3, 0.4) is 0 Å². The van der Waals surface area contributed by atoms with Crippen LogP contribution < -0.4 is 20.5 Å². The average Bonchev–Trinajstić information content (AvgIpc) is 3.67. The largest absolute Gasteiger partial charge is 0.474 e. The van der Waals surface area contributed by atoms with Gasteiger partial charge in [0.15, 0.2) is 28.6 Å². The van der Waals surface area contributed by atoms with Crippen molar-refractivity contribution in [1.29, 1.82) is 0 Å². The number of aromatic nitrogens is 5. The topological polar surface area (TPSA) is 110 Å². The van der Waals surface area contributed by atoms with Gasteiger partial charge in [0.1, 0.15) is 5.39 Å². The molecule has 11 heteroatoms. The second-order valence-corrected chi connectivity index (χ2v) is 12.8. The molecule has 1 fully saturated rings. The van der Waals surface area contributed by atoms with E-state index in [2.05, 4.69) is 40.4 Å². The number of carbonyl (C=O) groups excluding carboxylic acids is 1. The number of carbonyl (C=O) groups is 1. The van der Waals surface area contributed by atoms with E-state index >= 15 is 0 Å². The van der Waals surface area contributed by atoms with Gasteiger partial charge < -0.3 is 15.0 Å². The number of nitrogens with zero attached hydrogens (tertiary/aromatic N) is 7. The molecular formula is C32H34N8O3. The molecule has 4 aliphatic rings. The summed E-state index contributed by atoms with van der Waals surface area (Å²) in [5.74, 6) is 1.71. The summed E-state index contributed by atoms with van der Waals surface area (Å²) in [5.41, 5.74) is 3.24. The lowest BCUT2D eigenvalue weighted by Gasteiger charge is -2.38. The molecule has 43 heavy (non-hydrogen) atoms. The highest BCUT2D eigenvalue weighted by atomic mass is 16.5. The van der Waals surface area contributed by atoms with E-state index in [0.29, 0.717) is 52.9 Å². The highest BCUT2D eigenvalue weighted by molar-refractivity contribution is 6.01. The third-order valence-electron chi connectivity index (χ3n) is 9.09. The van der Waals surface area contributed by atoms with Crippen LogP contribution in [0.5, 0.6) is 5.75 Å². The first-order valence-corrected chi connectivity index (χ1v) is 15.0. The molecule has 0 saturated heterocycles. The van der Waals surface area contributed by atoms with Gasteiger partial charge >= 0.3 is 0 Å². The van der Waals surface area contributed by atoms with Crippen molar-refractivity contribution in [2.75, 3.05) is 30.4 Å². The number of allylic oxidation sites excluding steroid dienone is 2. The van der Waals surface area contributed by atoms with Crippen LogP contribution >= 0.6 is 0 Å². The Kier molecular flexibility index (Phi) is 5.62. The van der Waals surface area contributed by atoms with E-state index < -0.39 is 5.60 Å². The molecule has 11 nitrogen and oxygen atoms in total. The van der Waals surface area contributed by atoms with Crippen molar-refractivity contribution < 1.29 is 9.53 Å². The Labute approximate surface area is 248 Å². The second kappa shape index (κ2) is 9.24. The van der Waals surface area contributed by atoms with Crippen LogP contribution in [-0.4, -0.2) is 60.9 Å². The Bertz CT molecular complexity index is 1900. The van der Waals surface area contributed by atoms with Crippen molar-refractivity contribution in [1.82, 2.24) is 29.2 Å². The fraction of sp³-hybridized carbons (Fsp3) is 0.406. The van der Waals surface area contributed by atoms with Crippen molar-refractivity contribution in [3.8, 4) is 11.6 Å². The second-order valence-electron chi connectivity index (χ2n) is 12.8. The molecule has 3 aliphatic heterocycles. The molecule has 6 heterocycles. The molecule has 1 saturated carbocycles. The van der Waals surface area contributed by atoms with Gasteiger partial charge in [0.05, 0.1) is 6.54 Å². The molecule has 0 atom stereocenters. The van der Waals surface area contributed by atoms with Crippen LogP contribution in [-0.2, 0) is 23.3 Å². The van der Waals surface area contributed by atoms with Gasteiger partial charge in [0, 0.05) is 36.9 Å². The molecule has 2 bridgehead atoms. The minimum Gasteiger partial charge on any atom is -0.474 e. The number of hydrogen-bond donors (Lipinski definition) is 1. The highest BCUT2D eigenvalue weighted by Gasteiger charge is 2.48. The van der Waals surface area contributed by atoms with Crippen molar-refractivity contribution in [2.24, 2.45) is 0 Å². The highest BCUT2D eigenvalue weighted by Crippen LogP contribution is 2.52. The molecule has 0 unspecified atom stereocenters. The molecule has 1 aromatic carbocycles. The number of pyridine rings is 1. The monoisotopic (exact) mass is 578 g/mol. The van der Waals surface area contributed by atoms with Gasteiger partial charge in [-0.05, 0) is 82.0 Å². The number of benzene rings is 1. The van der Waals surface area contributed by atoms with E-state index in [1.807, 2.05) is 18.2 Å². The van der Waals surface area contributed by atoms with Gasteiger partial charge in [0.2, 0.25) is 5.95 Å². The Hall–Kier alpha value is -4.51. The molecule has 4 aromatic rings. The Morgan fingerprint density at radius 2 is 1.91 bits per heavy atom. The quantitative estimate of drug-likeness (QED) is 0.355. The molecule has 8 rings (SSSR count). The van der Waals surface area contributed by atoms with Gasteiger partial charge in [-0.25, -0.2) is 19.3 Å². The molecule has 1 N–H and O–H groups in total. The number of likely N-dealkylation sites (N-methyl/N-ethyl adjacent to an activating group) is 1. The van der Waals surface area contributed by atoms with Gasteiger partial charge in [-0.15, -0.1) is 0 Å². The lowest BCUT2D eigenvalue weighted by molar-refractivity contribution is -0.132. The number of rotatable bonds is 2. The maximum Gasteiger partial charge on any atom is 0.278 e. The van der Waals surface area contributed by atoms with Crippen LogP contribution in [0.2, 0.25) is 0 Å². The molecule has 1 aliphatic carbocycles. The van der Waals surface area contributed by atoms with Crippen LogP contribution in [0, 0.1) is 0 Å². The summed E-state index contributed by atoms with van der Waals surface area (Å²) in [6.07, 6.45) is 9.62. The maximum atomic E-state index is 13.6. The smallest absolute Gasteiger partial charge is 0.278 e. The van der Waals surface area contributed by atoms with Gasteiger partial charge in [0.25, 0.3) is 11.5 Å². The van der Waals surface area contributed by atoms with Crippen LogP contribution in [0.25, 0.3) is 16.9 Å². The first-order valence-electron chi connectivity index (χ1n) is 15.0. The van der Waals surface area contributed by atoms with Gasteiger partial charge in [-0.2, -0.15) is 4.98 Å². The molecule has 3 aromatic heterocycles. The van der Waals surface area contributed by atoms with E-state index in [1.165, 1.54) is 24.0 Å². The molecule has 1 amide bonds. The standard InChI is InChI=1S/C32H34N8O3/c1-31(2)29(42)38-14-6-4-5-7-15-39-28(41)22-17-33-30(36-26(22)40(39)25-11-10-24(43-31)27(38)35-25)34-21-8-9-23-20(16-21)18-37(3)19-32(23)12-13-32/h5,7-11,16-17H,4,6,12-15,18-19H2,1-3H3,(H,33,34,36). The van der Waals surface area contributed by atoms with E-state index in [0.717, 1.165) is 31.6 Å². The van der Waals surface area contributed by atoms with E-state index in [-0.39, 0.29) is 11.5 Å². The fourth-order valence-corrected chi connectivity index (χ4v) is 6.89. The summed E-state index contributed by atoms with van der Waals surface area (Å²) >= 11 is 0. The predicted octanol–water partition coefficient (Wildman–Crippen LogP) is 4.05. The third kappa shape index (κ3) is 4.16. The normalized spacial score (nSPS) is 20.2. The molecule has 0 radical (unpaired) electrons. The zero-order valence-corrected chi connectivity index (χ0v) is 24.6. The van der Waals surface area contributed by atoms with E-state index in [9.17, 15) is 9.59 Å². The molecule has 1 spiro atoms. The maximum absolute atomic E-state index is 13.6. The Balaban J connectivity index is 1.23. The third-order valence-corrected chi connectivity index (χ3v) is 9.09. The minimum absolute atomic E-state index is 0.141. The summed E-state index contributed by atoms with van der Waals surface area (Å²) in [5, 5.41) is 3.77. The van der Waals surface area contributed by atoms with Crippen LogP contribution in [0.15, 0.2) is 53.5 Å². The van der Waals surface area contributed by atoms with Crippen LogP contribution in [0.4, 0.5) is 17.5 Å². The first-order chi connectivity index (χ1) is 20.7. The lowest BCUT2D eigenvalue weighted by Crippen LogP contribution is -2.53. The fourth-order valence-electron chi connectivity index (χ4n) is 6.89. The zero-order valence-electron chi connectivity index (χ0n) is 24.6. The SMILES string of the molecule is CN1Cc2cc(Nc3ncc4c(=O)n5n(c4n3)-c3ccc4c(n3)N(CCCC=CC5)C(=O)C(C)(C)O4)ccc2C2(CC2)C1. The summed E-state index contributed by atoms with van der Waals surface area (Å²) in [4.78, 5) is 45.3. The van der Waals surface area contributed by atoms with Crippen molar-refractivity contribution >= 4 is 34.4 Å². The average molecular weight is 579 g/mol. The number of ether oxygens (including phenoxy) is 1. The molecular weight excluding hydrogens is 544 g/mol. The predicted molar refractivity (Wildman–Crippen MR) is 163 cm³/mol. The summed E-state index contributed by atoms with van der Waals surface area (Å²) in [6, 6.07) is 10.1. The van der Waals surface area contributed by atoms with Crippen molar-refractivity contribution in [2.45, 2.75) is 63.6 Å². The first kappa shape index (κ1) is 26.1. The summed E-state index contributed by atoms with van der Waals surface area (Å²) in [6.45, 7) is 6.44. The van der Waals surface area contributed by atoms with E-state index in [4.69, 9.17) is 14.7 Å². The zero-order chi connectivity index (χ0) is 29.5. The Morgan fingerprint density at radius 3 is 2.74 bits per heavy atom. The number of fused-ring (bicyclic) bond motifs is 7. The van der Waals surface area contributed by atoms with Gasteiger partial charge in [-0.1, -0.05) is 18.2 Å².